The molecular weight excluding hydrogens is 264 g/mol. The first kappa shape index (κ1) is 14.5. The molecule has 0 radical (unpaired) electrons. The molecule has 2 rings (SSSR count). The summed E-state index contributed by atoms with van der Waals surface area (Å²) in [7, 11) is 1.53. The van der Waals surface area contributed by atoms with E-state index in [1.54, 1.807) is 36.4 Å². The number of ether oxygens (including phenoxy) is 1. The van der Waals surface area contributed by atoms with Crippen molar-refractivity contribution in [3.8, 4) is 11.8 Å². The molecule has 1 atom stereocenters. The van der Waals surface area contributed by atoms with Crippen molar-refractivity contribution < 1.29 is 9.53 Å². The Morgan fingerprint density at radius 3 is 2.67 bits per heavy atom. The van der Waals surface area contributed by atoms with Crippen LogP contribution in [-0.4, -0.2) is 19.1 Å². The van der Waals surface area contributed by atoms with Crippen LogP contribution in [0.4, 0.5) is 5.69 Å². The lowest BCUT2D eigenvalue weighted by molar-refractivity contribution is 0.0976. The summed E-state index contributed by atoms with van der Waals surface area (Å²) in [5, 5.41) is 9.17. The largest absolute Gasteiger partial charge is 0.497 e. The summed E-state index contributed by atoms with van der Waals surface area (Å²) in [6, 6.07) is 17.9. The van der Waals surface area contributed by atoms with Gasteiger partial charge in [-0.2, -0.15) is 5.26 Å². The zero-order valence-corrected chi connectivity index (χ0v) is 11.6. The molecule has 0 aliphatic rings. The minimum atomic E-state index is -0.919. The van der Waals surface area contributed by atoms with Crippen LogP contribution < -0.4 is 4.74 Å². The number of Topliss-reactive ketones (excluding diaryl/α,β-unsaturated/α-hetero) is 1. The van der Waals surface area contributed by atoms with Crippen molar-refractivity contribution >= 4 is 17.7 Å². The minimum absolute atomic E-state index is 0.295. The number of carbonyl (C=O) groups excluding carboxylic acids is 1. The maximum atomic E-state index is 12.3. The van der Waals surface area contributed by atoms with Gasteiger partial charge >= 0.3 is 0 Å². The van der Waals surface area contributed by atoms with Crippen LogP contribution in [0.5, 0.6) is 5.75 Å². The first-order valence-corrected chi connectivity index (χ1v) is 6.41. The Labute approximate surface area is 123 Å². The van der Waals surface area contributed by atoms with E-state index in [0.717, 1.165) is 0 Å². The fraction of sp³-hybridized carbons (Fsp3) is 0.118. The van der Waals surface area contributed by atoms with E-state index in [2.05, 4.69) is 4.99 Å². The molecule has 0 aliphatic heterocycles. The summed E-state index contributed by atoms with van der Waals surface area (Å²) in [4.78, 5) is 16.5. The fourth-order valence-corrected chi connectivity index (χ4v) is 1.79. The van der Waals surface area contributed by atoms with Gasteiger partial charge in [-0.05, 0) is 24.3 Å². The number of para-hydroxylation sites is 1. The van der Waals surface area contributed by atoms with Gasteiger partial charge in [0.2, 0.25) is 0 Å². The molecule has 4 heteroatoms. The third-order valence-electron chi connectivity index (χ3n) is 2.90. The predicted octanol–water partition coefficient (Wildman–Crippen LogP) is 3.42. The number of ketones is 1. The normalized spacial score (nSPS) is 11.8. The Bertz CT molecular complexity index is 687. The lowest BCUT2D eigenvalue weighted by Gasteiger charge is -2.05. The van der Waals surface area contributed by atoms with E-state index in [4.69, 9.17) is 10.00 Å². The Balaban J connectivity index is 2.19. The number of methoxy groups -OCH3 is 1. The molecule has 4 nitrogen and oxygen atoms in total. The lowest BCUT2D eigenvalue weighted by atomic mass is 10.00. The van der Waals surface area contributed by atoms with Gasteiger partial charge in [-0.15, -0.1) is 0 Å². The molecule has 0 saturated heterocycles. The molecule has 0 saturated carbocycles. The molecule has 0 heterocycles. The molecule has 0 fully saturated rings. The van der Waals surface area contributed by atoms with Crippen LogP contribution in [0.1, 0.15) is 10.4 Å². The van der Waals surface area contributed by atoms with Gasteiger partial charge in [0, 0.05) is 11.8 Å². The van der Waals surface area contributed by atoms with Gasteiger partial charge in [0.25, 0.3) is 0 Å². The Morgan fingerprint density at radius 2 is 2.00 bits per heavy atom. The van der Waals surface area contributed by atoms with Gasteiger partial charge < -0.3 is 4.74 Å². The molecule has 0 N–H and O–H groups in total. The van der Waals surface area contributed by atoms with E-state index in [9.17, 15) is 4.79 Å². The maximum absolute atomic E-state index is 12.3. The summed E-state index contributed by atoms with van der Waals surface area (Å²) < 4.78 is 5.08. The number of carbonyl (C=O) groups is 1. The molecule has 0 aromatic heterocycles. The van der Waals surface area contributed by atoms with Gasteiger partial charge in [-0.25, -0.2) is 0 Å². The number of hydrogen-bond acceptors (Lipinski definition) is 4. The Kier molecular flexibility index (Phi) is 4.84. The first-order valence-electron chi connectivity index (χ1n) is 6.41. The summed E-state index contributed by atoms with van der Waals surface area (Å²) in [6.45, 7) is 0. The molecule has 104 valence electrons. The summed E-state index contributed by atoms with van der Waals surface area (Å²) in [5.41, 5.74) is 1.14. The van der Waals surface area contributed by atoms with Crippen molar-refractivity contribution in [3.05, 3.63) is 60.2 Å². The Morgan fingerprint density at radius 1 is 1.24 bits per heavy atom. The molecule has 0 amide bonds. The van der Waals surface area contributed by atoms with Crippen molar-refractivity contribution in [2.24, 2.45) is 10.9 Å². The number of hydrogen-bond donors (Lipinski definition) is 0. The van der Waals surface area contributed by atoms with E-state index < -0.39 is 5.92 Å². The molecule has 2 aromatic rings. The third kappa shape index (κ3) is 3.77. The SMILES string of the molecule is COc1cccc(C(=O)C(C#N)C=Nc2ccccc2)c1. The van der Waals surface area contributed by atoms with Gasteiger partial charge in [0.15, 0.2) is 5.78 Å². The van der Waals surface area contributed by atoms with Crippen molar-refractivity contribution in [3.63, 3.8) is 0 Å². The number of nitrogens with zero attached hydrogens (tertiary/aromatic N) is 2. The van der Waals surface area contributed by atoms with Crippen LogP contribution in [0.25, 0.3) is 0 Å². The fourth-order valence-electron chi connectivity index (χ4n) is 1.79. The number of benzene rings is 2. The zero-order chi connectivity index (χ0) is 15.1. The quantitative estimate of drug-likeness (QED) is 0.622. The molecule has 0 spiro atoms. The van der Waals surface area contributed by atoms with Gasteiger partial charge in [0.1, 0.15) is 11.7 Å². The van der Waals surface area contributed by atoms with E-state index in [1.165, 1.54) is 13.3 Å². The number of aliphatic imine (C=N–C) groups is 1. The molecule has 1 unspecified atom stereocenters. The van der Waals surface area contributed by atoms with Crippen LogP contribution in [0.3, 0.4) is 0 Å². The van der Waals surface area contributed by atoms with Gasteiger partial charge in [0.05, 0.1) is 18.9 Å². The smallest absolute Gasteiger partial charge is 0.185 e. The lowest BCUT2D eigenvalue weighted by Crippen LogP contribution is -2.14. The van der Waals surface area contributed by atoms with Crippen LogP contribution >= 0.6 is 0 Å². The molecule has 21 heavy (non-hydrogen) atoms. The van der Waals surface area contributed by atoms with Crippen LogP contribution in [0.15, 0.2) is 59.6 Å². The second kappa shape index (κ2) is 7.01. The van der Waals surface area contributed by atoms with E-state index in [1.807, 2.05) is 24.3 Å². The monoisotopic (exact) mass is 278 g/mol. The highest BCUT2D eigenvalue weighted by molar-refractivity contribution is 6.08. The third-order valence-corrected chi connectivity index (χ3v) is 2.90. The predicted molar refractivity (Wildman–Crippen MR) is 81.0 cm³/mol. The van der Waals surface area contributed by atoms with Crippen molar-refractivity contribution in [2.45, 2.75) is 0 Å². The average Bonchev–Trinajstić information content (AvgIpc) is 2.56. The van der Waals surface area contributed by atoms with Crippen LogP contribution in [0, 0.1) is 17.2 Å². The summed E-state index contributed by atoms with van der Waals surface area (Å²) in [6.07, 6.45) is 1.37. The second-order valence-corrected chi connectivity index (χ2v) is 4.32. The molecular formula is C17H14N2O2. The molecule has 2 aromatic carbocycles. The highest BCUT2D eigenvalue weighted by Crippen LogP contribution is 2.16. The van der Waals surface area contributed by atoms with E-state index >= 15 is 0 Å². The van der Waals surface area contributed by atoms with E-state index in [-0.39, 0.29) is 5.78 Å². The Hall–Kier alpha value is -2.93. The maximum Gasteiger partial charge on any atom is 0.185 e. The van der Waals surface area contributed by atoms with Gasteiger partial charge in [-0.3, -0.25) is 9.79 Å². The van der Waals surface area contributed by atoms with Crippen molar-refractivity contribution in [2.75, 3.05) is 7.11 Å². The minimum Gasteiger partial charge on any atom is -0.497 e. The highest BCUT2D eigenvalue weighted by Gasteiger charge is 2.18. The van der Waals surface area contributed by atoms with Crippen molar-refractivity contribution in [1.82, 2.24) is 0 Å². The first-order chi connectivity index (χ1) is 10.2. The zero-order valence-electron chi connectivity index (χ0n) is 11.6. The molecule has 0 aliphatic carbocycles. The summed E-state index contributed by atoms with van der Waals surface area (Å²) >= 11 is 0. The van der Waals surface area contributed by atoms with Crippen molar-refractivity contribution in [1.29, 1.82) is 5.26 Å². The van der Waals surface area contributed by atoms with E-state index in [0.29, 0.717) is 17.0 Å². The van der Waals surface area contributed by atoms with Crippen LogP contribution in [0.2, 0.25) is 0 Å². The summed E-state index contributed by atoms with van der Waals surface area (Å²) in [5.74, 6) is -0.633. The topological polar surface area (TPSA) is 62.5 Å². The highest BCUT2D eigenvalue weighted by atomic mass is 16.5. The standard InChI is InChI=1S/C17H14N2O2/c1-21-16-9-5-6-13(10-16)17(20)14(11-18)12-19-15-7-3-2-4-8-15/h2-10,12,14H,1H3. The number of nitriles is 1. The second-order valence-electron chi connectivity index (χ2n) is 4.32. The van der Waals surface area contributed by atoms with Gasteiger partial charge in [-0.1, -0.05) is 30.3 Å². The average molecular weight is 278 g/mol. The molecule has 0 bridgehead atoms. The number of rotatable bonds is 5. The van der Waals surface area contributed by atoms with Crippen LogP contribution in [-0.2, 0) is 0 Å².